The highest BCUT2D eigenvalue weighted by atomic mass is 32.2. The second-order valence-corrected chi connectivity index (χ2v) is 12.9. The van der Waals surface area contributed by atoms with Crippen LogP contribution in [0.5, 0.6) is 0 Å². The van der Waals surface area contributed by atoms with E-state index in [9.17, 15) is 26.4 Å². The summed E-state index contributed by atoms with van der Waals surface area (Å²) in [5, 5.41) is 0. The number of carbonyl (C=O) groups excluding carboxylic acids is 2. The van der Waals surface area contributed by atoms with Gasteiger partial charge in [-0.1, -0.05) is 62.5 Å². The molecule has 2 aliphatic carbocycles. The molecule has 4 atom stereocenters. The Morgan fingerprint density at radius 3 is 1.38 bits per heavy atom. The maximum Gasteiger partial charge on any atom is 0.244 e. The first-order valence-corrected chi connectivity index (χ1v) is 13.5. The van der Waals surface area contributed by atoms with E-state index in [1.807, 2.05) is 0 Å². The molecule has 0 fully saturated rings. The summed E-state index contributed by atoms with van der Waals surface area (Å²) in [6.45, 7) is 6.63. The van der Waals surface area contributed by atoms with E-state index >= 15 is 0 Å². The maximum absolute atomic E-state index is 12.7. The lowest BCUT2D eigenvalue weighted by atomic mass is 9.91. The number of nitrogens with one attached hydrogen (secondary N) is 2. The number of hydrogen-bond acceptors (Lipinski definition) is 6. The topological polar surface area (TPSA) is 126 Å². The molecule has 0 saturated heterocycles. The quantitative estimate of drug-likeness (QED) is 0.484. The van der Waals surface area contributed by atoms with Crippen LogP contribution in [0, 0.1) is 11.8 Å². The van der Waals surface area contributed by atoms with Gasteiger partial charge in [-0.25, -0.2) is 16.8 Å². The fraction of sp³-hybridized carbons (Fsp3) is 0.545. The van der Waals surface area contributed by atoms with Gasteiger partial charge in [0.25, 0.3) is 0 Å². The molecule has 0 aliphatic heterocycles. The number of rotatable bonds is 9. The highest BCUT2D eigenvalue weighted by Crippen LogP contribution is 2.32. The van der Waals surface area contributed by atoms with Crippen molar-refractivity contribution in [1.82, 2.24) is 9.44 Å². The molecular formula is C22H32N2O6S2. The van der Waals surface area contributed by atoms with Crippen molar-refractivity contribution in [1.29, 1.82) is 0 Å². The van der Waals surface area contributed by atoms with E-state index in [0.29, 0.717) is 0 Å². The Kier molecular flexibility index (Phi) is 7.93. The van der Waals surface area contributed by atoms with E-state index in [1.165, 1.54) is 0 Å². The van der Waals surface area contributed by atoms with Crippen molar-refractivity contribution in [2.45, 2.75) is 62.9 Å². The molecule has 0 bridgehead atoms. The zero-order valence-corrected chi connectivity index (χ0v) is 20.5. The minimum Gasteiger partial charge on any atom is -0.274 e. The van der Waals surface area contributed by atoms with E-state index in [2.05, 4.69) is 9.44 Å². The number of allylic oxidation sites excluding steroid dienone is 6. The van der Waals surface area contributed by atoms with Crippen LogP contribution in [0.1, 0.15) is 53.4 Å². The Morgan fingerprint density at radius 1 is 0.719 bits per heavy atom. The van der Waals surface area contributed by atoms with Crippen LogP contribution in [-0.2, 0) is 29.6 Å². The molecule has 0 aromatic carbocycles. The van der Waals surface area contributed by atoms with Gasteiger partial charge in [0.15, 0.2) is 0 Å². The molecule has 0 aromatic heterocycles. The molecule has 0 radical (unpaired) electrons. The molecule has 10 heteroatoms. The van der Waals surface area contributed by atoms with E-state index in [0.717, 1.165) is 0 Å². The summed E-state index contributed by atoms with van der Waals surface area (Å²) < 4.78 is 52.5. The molecular weight excluding hydrogens is 452 g/mol. The molecule has 2 aliphatic rings. The maximum atomic E-state index is 12.7. The summed E-state index contributed by atoms with van der Waals surface area (Å²) in [6.07, 6.45) is 13.7. The zero-order chi connectivity index (χ0) is 24.2. The van der Waals surface area contributed by atoms with Crippen molar-refractivity contribution in [3.05, 3.63) is 48.6 Å². The smallest absolute Gasteiger partial charge is 0.244 e. The summed E-state index contributed by atoms with van der Waals surface area (Å²) in [5.41, 5.74) is 0. The average Bonchev–Trinajstić information content (AvgIpc) is 2.69. The van der Waals surface area contributed by atoms with Gasteiger partial charge in [-0.3, -0.25) is 19.0 Å². The van der Waals surface area contributed by atoms with Gasteiger partial charge in [-0.2, -0.15) is 0 Å². The molecule has 8 nitrogen and oxygen atoms in total. The lowest BCUT2D eigenvalue weighted by Gasteiger charge is -2.32. The Labute approximate surface area is 191 Å². The van der Waals surface area contributed by atoms with Crippen LogP contribution in [0.15, 0.2) is 48.6 Å². The molecule has 32 heavy (non-hydrogen) atoms. The van der Waals surface area contributed by atoms with Crippen molar-refractivity contribution < 1.29 is 26.4 Å². The number of amides is 2. The standard InChI is InChI=1S/C22H32N2O6S2/c1-17-11-7-9-15-21(17,3)31(27,28)23-19(25)13-5-6-14-20(26)24-32(29,30)22(4)16-10-8-12-18(22)2/h7-12,15-18H,5-6,13-14H2,1-4H3,(H,23,25)(H,24,26). The normalized spacial score (nSPS) is 29.6. The highest BCUT2D eigenvalue weighted by Gasteiger charge is 2.43. The van der Waals surface area contributed by atoms with Crippen molar-refractivity contribution in [3.63, 3.8) is 0 Å². The van der Waals surface area contributed by atoms with Crippen LogP contribution in [0.2, 0.25) is 0 Å². The van der Waals surface area contributed by atoms with E-state index in [1.54, 1.807) is 76.3 Å². The van der Waals surface area contributed by atoms with Gasteiger partial charge in [0.1, 0.15) is 9.49 Å². The monoisotopic (exact) mass is 484 g/mol. The first-order valence-electron chi connectivity index (χ1n) is 10.6. The van der Waals surface area contributed by atoms with Crippen LogP contribution in [0.25, 0.3) is 0 Å². The number of sulfonamides is 2. The minimum atomic E-state index is -3.94. The summed E-state index contributed by atoms with van der Waals surface area (Å²) in [6, 6.07) is 0. The molecule has 0 spiro atoms. The van der Waals surface area contributed by atoms with Crippen LogP contribution in [-0.4, -0.2) is 38.1 Å². The third-order valence-corrected chi connectivity index (χ3v) is 10.7. The molecule has 178 valence electrons. The second-order valence-electron chi connectivity index (χ2n) is 8.70. The van der Waals surface area contributed by atoms with Crippen LogP contribution in [0.4, 0.5) is 0 Å². The van der Waals surface area contributed by atoms with Crippen LogP contribution < -0.4 is 9.44 Å². The summed E-state index contributed by atoms with van der Waals surface area (Å²) in [7, 11) is -7.88. The van der Waals surface area contributed by atoms with Gasteiger partial charge in [0.05, 0.1) is 0 Å². The average molecular weight is 485 g/mol. The van der Waals surface area contributed by atoms with Crippen molar-refractivity contribution in [2.24, 2.45) is 11.8 Å². The van der Waals surface area contributed by atoms with Gasteiger partial charge in [-0.15, -0.1) is 0 Å². The number of unbranched alkanes of at least 4 members (excludes halogenated alkanes) is 1. The van der Waals surface area contributed by atoms with Crippen molar-refractivity contribution in [2.75, 3.05) is 0 Å². The van der Waals surface area contributed by atoms with E-state index < -0.39 is 41.4 Å². The first kappa shape index (κ1) is 26.1. The highest BCUT2D eigenvalue weighted by molar-refractivity contribution is 7.92. The zero-order valence-electron chi connectivity index (χ0n) is 18.9. The van der Waals surface area contributed by atoms with Gasteiger partial charge in [0.2, 0.25) is 31.9 Å². The molecule has 2 N–H and O–H groups in total. The van der Waals surface area contributed by atoms with Crippen LogP contribution in [0.3, 0.4) is 0 Å². The summed E-state index contributed by atoms with van der Waals surface area (Å²) >= 11 is 0. The SMILES string of the molecule is CC1C=CC=CC1(C)S(=O)(=O)NC(=O)CCCCC(=O)NS(=O)(=O)C1(C)C=CC=CC1C. The fourth-order valence-corrected chi connectivity index (χ4v) is 6.40. The first-order chi connectivity index (χ1) is 14.8. The van der Waals surface area contributed by atoms with Crippen molar-refractivity contribution in [3.8, 4) is 0 Å². The predicted molar refractivity (Wildman–Crippen MR) is 124 cm³/mol. The number of hydrogen-bond donors (Lipinski definition) is 2. The number of carbonyl (C=O) groups is 2. The molecule has 0 saturated carbocycles. The van der Waals surface area contributed by atoms with Gasteiger partial charge >= 0.3 is 0 Å². The summed E-state index contributed by atoms with van der Waals surface area (Å²) in [5.74, 6) is -1.92. The molecule has 4 unspecified atom stereocenters. The Hall–Kier alpha value is -2.20. The third kappa shape index (κ3) is 5.40. The molecule has 2 rings (SSSR count). The third-order valence-electron chi connectivity index (χ3n) is 6.40. The lowest BCUT2D eigenvalue weighted by molar-refractivity contribution is -0.121. The predicted octanol–water partition coefficient (Wildman–Crippen LogP) is 2.48. The van der Waals surface area contributed by atoms with Gasteiger partial charge in [0, 0.05) is 12.8 Å². The van der Waals surface area contributed by atoms with E-state index in [-0.39, 0.29) is 37.5 Å². The largest absolute Gasteiger partial charge is 0.274 e. The second kappa shape index (κ2) is 9.74. The molecule has 2 amide bonds. The minimum absolute atomic E-state index is 0.0917. The Morgan fingerprint density at radius 2 is 1.06 bits per heavy atom. The van der Waals surface area contributed by atoms with Gasteiger partial charge < -0.3 is 0 Å². The van der Waals surface area contributed by atoms with Gasteiger partial charge in [-0.05, 0) is 38.5 Å². The molecule has 0 heterocycles. The fourth-order valence-electron chi connectivity index (χ4n) is 3.50. The Bertz CT molecular complexity index is 986. The molecule has 0 aromatic rings. The van der Waals surface area contributed by atoms with Crippen LogP contribution >= 0.6 is 0 Å². The van der Waals surface area contributed by atoms with Crippen molar-refractivity contribution >= 4 is 31.9 Å². The Balaban J connectivity index is 1.82. The summed E-state index contributed by atoms with van der Waals surface area (Å²) in [4.78, 5) is 24.3. The van der Waals surface area contributed by atoms with E-state index in [4.69, 9.17) is 0 Å². The lowest BCUT2D eigenvalue weighted by Crippen LogP contribution is -2.49.